The number of hydrogen-bond acceptors (Lipinski definition) is 3. The minimum absolute atomic E-state index is 0.0171. The summed E-state index contributed by atoms with van der Waals surface area (Å²) in [7, 11) is 0.572. The van der Waals surface area contributed by atoms with Crippen molar-refractivity contribution in [2.75, 3.05) is 20.6 Å². The summed E-state index contributed by atoms with van der Waals surface area (Å²) in [6.07, 6.45) is 2.79. The highest BCUT2D eigenvalue weighted by molar-refractivity contribution is 7.89. The normalized spacial score (nSPS) is 17.8. The summed E-state index contributed by atoms with van der Waals surface area (Å²) in [5.41, 5.74) is 2.61. The van der Waals surface area contributed by atoms with Crippen LogP contribution in [-0.2, 0) is 23.1 Å². The monoisotopic (exact) mass is 430 g/mol. The molecule has 1 amide bonds. The van der Waals surface area contributed by atoms with Crippen molar-refractivity contribution in [2.24, 2.45) is 0 Å². The van der Waals surface area contributed by atoms with Gasteiger partial charge in [0.2, 0.25) is 10.0 Å². The van der Waals surface area contributed by atoms with Crippen LogP contribution < -0.4 is 10.2 Å². The zero-order valence-electron chi connectivity index (χ0n) is 18.0. The van der Waals surface area contributed by atoms with Crippen molar-refractivity contribution < 1.29 is 18.1 Å². The molecule has 1 aliphatic heterocycles. The van der Waals surface area contributed by atoms with E-state index in [1.165, 1.54) is 16.5 Å². The first-order valence-electron chi connectivity index (χ1n) is 10.5. The van der Waals surface area contributed by atoms with E-state index in [0.717, 1.165) is 31.4 Å². The van der Waals surface area contributed by atoms with Crippen molar-refractivity contribution in [3.8, 4) is 0 Å². The molecule has 0 aliphatic carbocycles. The molecule has 0 aromatic heterocycles. The fourth-order valence-corrected chi connectivity index (χ4v) is 5.67. The van der Waals surface area contributed by atoms with Crippen molar-refractivity contribution in [2.45, 2.75) is 50.2 Å². The highest BCUT2D eigenvalue weighted by Crippen LogP contribution is 2.25. The number of amides is 1. The summed E-state index contributed by atoms with van der Waals surface area (Å²) < 4.78 is 27.7. The fourth-order valence-electron chi connectivity index (χ4n) is 3.92. The highest BCUT2D eigenvalue weighted by atomic mass is 32.2. The van der Waals surface area contributed by atoms with Gasteiger partial charge in [0.25, 0.3) is 5.91 Å². The van der Waals surface area contributed by atoms with Crippen molar-refractivity contribution in [1.29, 1.82) is 0 Å². The molecule has 0 radical (unpaired) electrons. The zero-order chi connectivity index (χ0) is 21.7. The number of benzene rings is 2. The molecule has 2 N–H and O–H groups in total. The van der Waals surface area contributed by atoms with E-state index >= 15 is 0 Å². The number of sulfonamides is 1. The smallest absolute Gasteiger partial charge is 0.251 e. The van der Waals surface area contributed by atoms with Crippen LogP contribution in [0.3, 0.4) is 0 Å². The third-order valence-electron chi connectivity index (χ3n) is 5.55. The number of rotatable bonds is 7. The summed E-state index contributed by atoms with van der Waals surface area (Å²) >= 11 is 0. The first-order chi connectivity index (χ1) is 14.3. The van der Waals surface area contributed by atoms with E-state index in [1.807, 2.05) is 25.1 Å². The number of piperidine rings is 1. The van der Waals surface area contributed by atoms with E-state index in [1.54, 1.807) is 22.5 Å². The lowest BCUT2D eigenvalue weighted by Gasteiger charge is -2.32. The Bertz CT molecular complexity index is 989. The molecule has 0 saturated carbocycles. The van der Waals surface area contributed by atoms with Gasteiger partial charge in [0.05, 0.1) is 19.0 Å². The molecule has 7 heteroatoms. The standard InChI is InChI=1S/C23H31N3O3S/c1-18-9-6-7-14-26(18)30(28,29)22-13-8-12-19(15-22)23(27)24-16-20-10-4-5-11-21(20)17-25(2)3/h4-5,8,10-13,15,18H,6-7,9,14,16-17H2,1-3H3,(H,24,27)/p+1/t18-/m1/s1. The summed E-state index contributed by atoms with van der Waals surface area (Å²) in [5.74, 6) is -0.272. The molecule has 3 rings (SSSR count). The second-order valence-corrected chi connectivity index (χ2v) is 10.2. The Morgan fingerprint density at radius 2 is 1.83 bits per heavy atom. The maximum Gasteiger partial charge on any atom is 0.251 e. The van der Waals surface area contributed by atoms with Crippen LogP contribution in [0.25, 0.3) is 0 Å². The van der Waals surface area contributed by atoms with Gasteiger partial charge >= 0.3 is 0 Å². The molecule has 1 atom stereocenters. The van der Waals surface area contributed by atoms with E-state index in [9.17, 15) is 13.2 Å². The largest absolute Gasteiger partial charge is 0.348 e. The number of carbonyl (C=O) groups is 1. The van der Waals surface area contributed by atoms with E-state index in [0.29, 0.717) is 18.7 Å². The van der Waals surface area contributed by atoms with Crippen molar-refractivity contribution in [3.05, 3.63) is 65.2 Å². The van der Waals surface area contributed by atoms with Crippen LogP contribution in [0.2, 0.25) is 0 Å². The summed E-state index contributed by atoms with van der Waals surface area (Å²) in [6.45, 7) is 3.75. The van der Waals surface area contributed by atoms with Crippen LogP contribution in [0.5, 0.6) is 0 Å². The highest BCUT2D eigenvalue weighted by Gasteiger charge is 2.31. The van der Waals surface area contributed by atoms with Gasteiger partial charge in [0.1, 0.15) is 6.54 Å². The topological polar surface area (TPSA) is 70.9 Å². The molecular formula is C23H32N3O3S+. The van der Waals surface area contributed by atoms with E-state index < -0.39 is 10.0 Å². The van der Waals surface area contributed by atoms with Crippen molar-refractivity contribution in [3.63, 3.8) is 0 Å². The second-order valence-electron chi connectivity index (χ2n) is 8.32. The Morgan fingerprint density at radius 1 is 1.10 bits per heavy atom. The molecule has 0 spiro atoms. The van der Waals surface area contributed by atoms with Crippen LogP contribution in [0.4, 0.5) is 0 Å². The van der Waals surface area contributed by atoms with Gasteiger partial charge in [-0.05, 0) is 43.5 Å². The molecular weight excluding hydrogens is 398 g/mol. The molecule has 6 nitrogen and oxygen atoms in total. The summed E-state index contributed by atoms with van der Waals surface area (Å²) in [4.78, 5) is 14.2. The van der Waals surface area contributed by atoms with Gasteiger partial charge in [-0.3, -0.25) is 4.79 Å². The number of carbonyl (C=O) groups excluding carboxylic acids is 1. The SMILES string of the molecule is C[C@@H]1CCCCN1S(=O)(=O)c1cccc(C(=O)NCc2ccccc2C[NH+](C)C)c1. The van der Waals surface area contributed by atoms with E-state index in [2.05, 4.69) is 25.5 Å². The van der Waals surface area contributed by atoms with Crippen LogP contribution >= 0.6 is 0 Å². The summed E-state index contributed by atoms with van der Waals surface area (Å²) in [6, 6.07) is 14.4. The van der Waals surface area contributed by atoms with Gasteiger partial charge in [0.15, 0.2) is 0 Å². The van der Waals surface area contributed by atoms with E-state index in [4.69, 9.17) is 0 Å². The second kappa shape index (κ2) is 9.73. The number of nitrogens with one attached hydrogen (secondary N) is 2. The summed E-state index contributed by atoms with van der Waals surface area (Å²) in [5, 5.41) is 2.94. The predicted molar refractivity (Wildman–Crippen MR) is 118 cm³/mol. The molecule has 2 aromatic carbocycles. The van der Waals surface area contributed by atoms with Crippen LogP contribution in [0, 0.1) is 0 Å². The van der Waals surface area contributed by atoms with Gasteiger partial charge in [0, 0.05) is 30.3 Å². The van der Waals surface area contributed by atoms with Crippen LogP contribution in [0.1, 0.15) is 47.7 Å². The molecule has 30 heavy (non-hydrogen) atoms. The molecule has 162 valence electrons. The lowest BCUT2D eigenvalue weighted by atomic mass is 10.1. The predicted octanol–water partition coefficient (Wildman–Crippen LogP) is 1.82. The van der Waals surface area contributed by atoms with Gasteiger partial charge < -0.3 is 10.2 Å². The first kappa shape index (κ1) is 22.5. The Hall–Kier alpha value is -2.22. The van der Waals surface area contributed by atoms with Gasteiger partial charge in [-0.25, -0.2) is 8.42 Å². The third kappa shape index (κ3) is 5.28. The van der Waals surface area contributed by atoms with Crippen molar-refractivity contribution >= 4 is 15.9 Å². The minimum Gasteiger partial charge on any atom is -0.348 e. The quantitative estimate of drug-likeness (QED) is 0.704. The number of quaternary nitrogens is 1. The average molecular weight is 431 g/mol. The maximum atomic E-state index is 13.1. The Kier molecular flexibility index (Phi) is 7.28. The van der Waals surface area contributed by atoms with Gasteiger partial charge in [-0.2, -0.15) is 4.31 Å². The lowest BCUT2D eigenvalue weighted by molar-refractivity contribution is -0.872. The minimum atomic E-state index is -3.60. The lowest BCUT2D eigenvalue weighted by Crippen LogP contribution is -3.04. The number of nitrogens with zero attached hydrogens (tertiary/aromatic N) is 1. The maximum absolute atomic E-state index is 13.1. The Morgan fingerprint density at radius 3 is 2.53 bits per heavy atom. The van der Waals surface area contributed by atoms with Crippen molar-refractivity contribution in [1.82, 2.24) is 9.62 Å². The van der Waals surface area contributed by atoms with Gasteiger partial charge in [-0.15, -0.1) is 0 Å². The molecule has 1 aliphatic rings. The van der Waals surface area contributed by atoms with E-state index in [-0.39, 0.29) is 16.8 Å². The Labute approximate surface area is 179 Å². The van der Waals surface area contributed by atoms with Gasteiger partial charge in [-0.1, -0.05) is 36.8 Å². The van der Waals surface area contributed by atoms with Crippen LogP contribution in [0.15, 0.2) is 53.4 Å². The third-order valence-corrected chi connectivity index (χ3v) is 7.56. The number of hydrogen-bond donors (Lipinski definition) is 2. The molecule has 2 aromatic rings. The van der Waals surface area contributed by atoms with Crippen LogP contribution in [-0.4, -0.2) is 45.3 Å². The molecule has 1 saturated heterocycles. The Balaban J connectivity index is 1.74. The average Bonchev–Trinajstić information content (AvgIpc) is 2.73. The first-order valence-corrected chi connectivity index (χ1v) is 12.0. The molecule has 1 fully saturated rings. The molecule has 0 unspecified atom stereocenters. The zero-order valence-corrected chi connectivity index (χ0v) is 18.8. The fraction of sp³-hybridized carbons (Fsp3) is 0.435. The molecule has 0 bridgehead atoms. The molecule has 1 heterocycles.